The van der Waals surface area contributed by atoms with Gasteiger partial charge in [0, 0.05) is 25.1 Å². The van der Waals surface area contributed by atoms with Gasteiger partial charge in [-0.25, -0.2) is 0 Å². The monoisotopic (exact) mass is 221 g/mol. The Kier molecular flexibility index (Phi) is 3.46. The molecule has 1 aromatic heterocycles. The van der Waals surface area contributed by atoms with E-state index in [0.29, 0.717) is 6.54 Å². The number of aliphatic carboxylic acids is 1. The molecule has 1 N–H and O–H groups in total. The summed E-state index contributed by atoms with van der Waals surface area (Å²) < 4.78 is 0. The maximum Gasteiger partial charge on any atom is 0.320 e. The number of rotatable bonds is 3. The van der Waals surface area contributed by atoms with Crippen LogP contribution in [0.5, 0.6) is 0 Å². The highest BCUT2D eigenvalue weighted by molar-refractivity contribution is 5.73. The van der Waals surface area contributed by atoms with Gasteiger partial charge < -0.3 is 5.11 Å². The van der Waals surface area contributed by atoms with Gasteiger partial charge in [0.25, 0.3) is 0 Å². The third-order valence-electron chi connectivity index (χ3n) is 2.88. The molecule has 86 valence electrons. The number of likely N-dealkylation sites (tertiary alicyclic amines) is 1. The van der Waals surface area contributed by atoms with Crippen LogP contribution in [0.1, 0.15) is 25.0 Å². The number of carboxylic acid groups (broad SMARTS) is 1. The molecular formula is C11H15N3O2. The molecule has 0 bridgehead atoms. The Labute approximate surface area is 94.1 Å². The van der Waals surface area contributed by atoms with Gasteiger partial charge in [-0.1, -0.05) is 6.42 Å². The molecule has 1 aliphatic heterocycles. The molecule has 1 aliphatic rings. The minimum Gasteiger partial charge on any atom is -0.480 e. The van der Waals surface area contributed by atoms with Crippen molar-refractivity contribution >= 4 is 5.97 Å². The predicted octanol–water partition coefficient (Wildman–Crippen LogP) is 0.916. The van der Waals surface area contributed by atoms with Gasteiger partial charge in [0.2, 0.25) is 0 Å². The second kappa shape index (κ2) is 5.03. The molecule has 1 fully saturated rings. The normalized spacial score (nSPS) is 21.9. The van der Waals surface area contributed by atoms with Crippen molar-refractivity contribution in [3.63, 3.8) is 0 Å². The van der Waals surface area contributed by atoms with Crippen LogP contribution in [-0.2, 0) is 11.3 Å². The van der Waals surface area contributed by atoms with Gasteiger partial charge in [0.1, 0.15) is 6.04 Å². The molecule has 2 heterocycles. The number of carbonyl (C=O) groups is 1. The zero-order valence-corrected chi connectivity index (χ0v) is 9.04. The van der Waals surface area contributed by atoms with Crippen LogP contribution >= 0.6 is 0 Å². The Bertz CT molecular complexity index is 356. The van der Waals surface area contributed by atoms with Crippen LogP contribution in [0.25, 0.3) is 0 Å². The predicted molar refractivity (Wildman–Crippen MR) is 57.7 cm³/mol. The average molecular weight is 221 g/mol. The van der Waals surface area contributed by atoms with Crippen molar-refractivity contribution in [2.45, 2.75) is 31.8 Å². The summed E-state index contributed by atoms with van der Waals surface area (Å²) >= 11 is 0. The smallest absolute Gasteiger partial charge is 0.320 e. The van der Waals surface area contributed by atoms with Crippen LogP contribution in [0.2, 0.25) is 0 Å². The molecule has 1 saturated heterocycles. The zero-order chi connectivity index (χ0) is 11.4. The molecule has 5 nitrogen and oxygen atoms in total. The molecule has 0 spiro atoms. The van der Waals surface area contributed by atoms with Gasteiger partial charge in [-0.05, 0) is 19.4 Å². The number of nitrogens with zero attached hydrogens (tertiary/aromatic N) is 3. The molecule has 0 saturated carbocycles. The summed E-state index contributed by atoms with van der Waals surface area (Å²) in [6.07, 6.45) is 7.73. The van der Waals surface area contributed by atoms with E-state index < -0.39 is 5.97 Å². The van der Waals surface area contributed by atoms with E-state index in [-0.39, 0.29) is 6.04 Å². The van der Waals surface area contributed by atoms with Crippen molar-refractivity contribution in [3.05, 3.63) is 24.3 Å². The number of piperidine rings is 1. The molecular weight excluding hydrogens is 206 g/mol. The lowest BCUT2D eigenvalue weighted by Crippen LogP contribution is -2.44. The number of carboxylic acids is 1. The second-order valence-electron chi connectivity index (χ2n) is 4.02. The third-order valence-corrected chi connectivity index (χ3v) is 2.88. The standard InChI is InChI=1S/C11H15N3O2/c15-11(16)10-3-1-2-6-14(10)8-9-7-12-4-5-13-9/h4-5,7,10H,1-3,6,8H2,(H,15,16)/t10-/m0/s1. The fraction of sp³-hybridized carbons (Fsp3) is 0.545. The number of aromatic nitrogens is 2. The quantitative estimate of drug-likeness (QED) is 0.822. The Morgan fingerprint density at radius 3 is 3.06 bits per heavy atom. The summed E-state index contributed by atoms with van der Waals surface area (Å²) in [5.74, 6) is -0.733. The molecule has 0 aliphatic carbocycles. The largest absolute Gasteiger partial charge is 0.480 e. The van der Waals surface area contributed by atoms with Crippen LogP contribution in [-0.4, -0.2) is 38.5 Å². The van der Waals surface area contributed by atoms with Crippen LogP contribution in [0.3, 0.4) is 0 Å². The van der Waals surface area contributed by atoms with Gasteiger partial charge in [0.15, 0.2) is 0 Å². The first-order valence-electron chi connectivity index (χ1n) is 5.49. The van der Waals surface area contributed by atoms with Gasteiger partial charge >= 0.3 is 5.97 Å². The zero-order valence-electron chi connectivity index (χ0n) is 9.04. The molecule has 0 radical (unpaired) electrons. The second-order valence-corrected chi connectivity index (χ2v) is 4.02. The highest BCUT2D eigenvalue weighted by atomic mass is 16.4. The lowest BCUT2D eigenvalue weighted by atomic mass is 10.0. The molecule has 0 unspecified atom stereocenters. The Morgan fingerprint density at radius 2 is 2.38 bits per heavy atom. The maximum atomic E-state index is 11.1. The van der Waals surface area contributed by atoms with E-state index in [2.05, 4.69) is 9.97 Å². The van der Waals surface area contributed by atoms with E-state index >= 15 is 0 Å². The fourth-order valence-electron chi connectivity index (χ4n) is 2.08. The number of hydrogen-bond donors (Lipinski definition) is 1. The summed E-state index contributed by atoms with van der Waals surface area (Å²) in [6, 6.07) is -0.365. The van der Waals surface area contributed by atoms with Crippen molar-refractivity contribution < 1.29 is 9.90 Å². The summed E-state index contributed by atoms with van der Waals surface area (Å²) in [6.45, 7) is 1.40. The molecule has 1 aromatic rings. The van der Waals surface area contributed by atoms with Gasteiger partial charge in [-0.2, -0.15) is 0 Å². The topological polar surface area (TPSA) is 66.3 Å². The lowest BCUT2D eigenvalue weighted by molar-refractivity contribution is -0.144. The van der Waals surface area contributed by atoms with Crippen LogP contribution in [0, 0.1) is 0 Å². The summed E-state index contributed by atoms with van der Waals surface area (Å²) in [4.78, 5) is 21.2. The Hall–Kier alpha value is -1.49. The minimum absolute atomic E-state index is 0.365. The lowest BCUT2D eigenvalue weighted by Gasteiger charge is -2.32. The minimum atomic E-state index is -0.733. The first-order chi connectivity index (χ1) is 7.77. The van der Waals surface area contributed by atoms with Crippen molar-refractivity contribution in [2.24, 2.45) is 0 Å². The first-order valence-corrected chi connectivity index (χ1v) is 5.49. The Balaban J connectivity index is 2.04. The molecule has 0 amide bonds. The summed E-state index contributed by atoms with van der Waals surface area (Å²) in [5, 5.41) is 9.11. The van der Waals surface area contributed by atoms with Crippen molar-refractivity contribution in [2.75, 3.05) is 6.54 Å². The van der Waals surface area contributed by atoms with E-state index in [1.54, 1.807) is 18.6 Å². The highest BCUT2D eigenvalue weighted by Gasteiger charge is 2.28. The summed E-state index contributed by atoms with van der Waals surface area (Å²) in [5.41, 5.74) is 0.829. The highest BCUT2D eigenvalue weighted by Crippen LogP contribution is 2.18. The summed E-state index contributed by atoms with van der Waals surface area (Å²) in [7, 11) is 0. The molecule has 16 heavy (non-hydrogen) atoms. The van der Waals surface area contributed by atoms with Crippen molar-refractivity contribution in [1.82, 2.24) is 14.9 Å². The van der Waals surface area contributed by atoms with Gasteiger partial charge in [-0.3, -0.25) is 19.7 Å². The van der Waals surface area contributed by atoms with E-state index in [1.165, 1.54) is 0 Å². The maximum absolute atomic E-state index is 11.1. The SMILES string of the molecule is O=C(O)[C@@H]1CCCCN1Cc1cnccn1. The molecule has 1 atom stereocenters. The average Bonchev–Trinajstić information content (AvgIpc) is 2.31. The van der Waals surface area contributed by atoms with E-state index in [4.69, 9.17) is 5.11 Å². The first kappa shape index (κ1) is 11.0. The van der Waals surface area contributed by atoms with E-state index in [1.807, 2.05) is 4.90 Å². The molecule has 5 heteroatoms. The van der Waals surface area contributed by atoms with Gasteiger partial charge in [0.05, 0.1) is 5.69 Å². The van der Waals surface area contributed by atoms with E-state index in [0.717, 1.165) is 31.5 Å². The van der Waals surface area contributed by atoms with Crippen LogP contribution < -0.4 is 0 Å². The fourth-order valence-corrected chi connectivity index (χ4v) is 2.08. The van der Waals surface area contributed by atoms with E-state index in [9.17, 15) is 4.79 Å². The molecule has 2 rings (SSSR count). The third kappa shape index (κ3) is 2.55. The van der Waals surface area contributed by atoms with Crippen LogP contribution in [0.15, 0.2) is 18.6 Å². The van der Waals surface area contributed by atoms with Crippen LogP contribution in [0.4, 0.5) is 0 Å². The number of hydrogen-bond acceptors (Lipinski definition) is 4. The van der Waals surface area contributed by atoms with Gasteiger partial charge in [-0.15, -0.1) is 0 Å². The Morgan fingerprint density at radius 1 is 1.50 bits per heavy atom. The van der Waals surface area contributed by atoms with Crippen molar-refractivity contribution in [3.8, 4) is 0 Å². The van der Waals surface area contributed by atoms with Crippen molar-refractivity contribution in [1.29, 1.82) is 0 Å². The molecule has 0 aromatic carbocycles.